The number of aryl methyl sites for hydroxylation is 1. The molecule has 1 amide bonds. The Labute approximate surface area is 161 Å². The van der Waals surface area contributed by atoms with Gasteiger partial charge in [-0.25, -0.2) is 0 Å². The van der Waals surface area contributed by atoms with Crippen LogP contribution in [-0.4, -0.2) is 50.4 Å². The number of Topliss-reactive ketones (excluding diaryl/α,β-unsaturated/α-hetero) is 2. The maximum Gasteiger partial charge on any atom is 0.245 e. The van der Waals surface area contributed by atoms with Crippen LogP contribution in [0.5, 0.6) is 0 Å². The lowest BCUT2D eigenvalue weighted by molar-refractivity contribution is -0.126. The molecule has 6 heteroatoms. The molecule has 1 rings (SSSR count). The predicted molar refractivity (Wildman–Crippen MR) is 104 cm³/mol. The van der Waals surface area contributed by atoms with E-state index < -0.39 is 0 Å². The molecule has 27 heavy (non-hydrogen) atoms. The Hall–Kier alpha value is -2.05. The minimum Gasteiger partial charge on any atom is -0.379 e. The molecule has 0 aromatic heterocycles. The molecular formula is C21H31NO5. The maximum absolute atomic E-state index is 12.0. The molecule has 0 spiro atoms. The van der Waals surface area contributed by atoms with Crippen LogP contribution in [0.3, 0.4) is 0 Å². The Morgan fingerprint density at radius 1 is 0.926 bits per heavy atom. The minimum atomic E-state index is -0.202. The summed E-state index contributed by atoms with van der Waals surface area (Å²) in [5.41, 5.74) is 1.82. The van der Waals surface area contributed by atoms with E-state index in [0.717, 1.165) is 5.56 Å². The van der Waals surface area contributed by atoms with Gasteiger partial charge in [-0.05, 0) is 19.8 Å². The summed E-state index contributed by atoms with van der Waals surface area (Å²) in [5.74, 6) is 0.122. The molecule has 150 valence electrons. The normalized spacial score (nSPS) is 10.6. The zero-order valence-corrected chi connectivity index (χ0v) is 16.4. The standard InChI is InChI=1S/C21H31NO5/c1-3-19(23)6-5-13-26-14-15-27-16-21(25)22-12-4-7-20(24)18-10-8-17(2)9-11-18/h8-11H,3-7,12-16H2,1-2H3,(H,22,25). The molecule has 0 atom stereocenters. The van der Waals surface area contributed by atoms with E-state index in [4.69, 9.17) is 9.47 Å². The van der Waals surface area contributed by atoms with E-state index in [1.54, 1.807) is 0 Å². The summed E-state index contributed by atoms with van der Waals surface area (Å²) in [4.78, 5) is 34.8. The van der Waals surface area contributed by atoms with Gasteiger partial charge in [0.15, 0.2) is 5.78 Å². The number of nitrogens with one attached hydrogen (secondary N) is 1. The number of benzene rings is 1. The van der Waals surface area contributed by atoms with Crippen molar-refractivity contribution in [2.75, 3.05) is 33.0 Å². The van der Waals surface area contributed by atoms with E-state index in [9.17, 15) is 14.4 Å². The summed E-state index contributed by atoms with van der Waals surface area (Å²) in [6.45, 7) is 5.51. The highest BCUT2D eigenvalue weighted by Crippen LogP contribution is 2.07. The van der Waals surface area contributed by atoms with Gasteiger partial charge < -0.3 is 14.8 Å². The fourth-order valence-corrected chi connectivity index (χ4v) is 2.34. The van der Waals surface area contributed by atoms with Crippen molar-refractivity contribution in [1.29, 1.82) is 0 Å². The van der Waals surface area contributed by atoms with Gasteiger partial charge in [-0.2, -0.15) is 0 Å². The smallest absolute Gasteiger partial charge is 0.245 e. The van der Waals surface area contributed by atoms with Crippen LogP contribution in [-0.2, 0) is 19.1 Å². The molecule has 0 saturated carbocycles. The minimum absolute atomic E-state index is 0.0242. The number of carbonyl (C=O) groups is 3. The molecule has 0 radical (unpaired) electrons. The number of carbonyl (C=O) groups excluding carboxylic acids is 3. The van der Waals surface area contributed by atoms with Gasteiger partial charge in [-0.1, -0.05) is 36.8 Å². The van der Waals surface area contributed by atoms with E-state index in [1.165, 1.54) is 0 Å². The number of hydrogen-bond acceptors (Lipinski definition) is 5. The Bertz CT molecular complexity index is 583. The molecule has 0 bridgehead atoms. The number of ketones is 2. The highest BCUT2D eigenvalue weighted by molar-refractivity contribution is 5.96. The molecule has 0 aliphatic carbocycles. The summed E-state index contributed by atoms with van der Waals surface area (Å²) in [6.07, 6.45) is 2.83. The molecule has 6 nitrogen and oxygen atoms in total. The Balaban J connectivity index is 1.96. The molecule has 1 N–H and O–H groups in total. The lowest BCUT2D eigenvalue weighted by Gasteiger charge is -2.07. The van der Waals surface area contributed by atoms with Crippen molar-refractivity contribution in [2.45, 2.75) is 46.0 Å². The van der Waals surface area contributed by atoms with E-state index in [1.807, 2.05) is 38.1 Å². The van der Waals surface area contributed by atoms with Crippen LogP contribution in [0.1, 0.15) is 54.9 Å². The molecule has 0 aliphatic rings. The van der Waals surface area contributed by atoms with Crippen LogP contribution in [0.15, 0.2) is 24.3 Å². The van der Waals surface area contributed by atoms with Crippen molar-refractivity contribution < 1.29 is 23.9 Å². The number of amides is 1. The van der Waals surface area contributed by atoms with Gasteiger partial charge in [0, 0.05) is 38.0 Å². The largest absolute Gasteiger partial charge is 0.379 e. The van der Waals surface area contributed by atoms with Gasteiger partial charge in [0.1, 0.15) is 12.4 Å². The second-order valence-corrected chi connectivity index (χ2v) is 6.40. The van der Waals surface area contributed by atoms with E-state index in [-0.39, 0.29) is 24.1 Å². The van der Waals surface area contributed by atoms with Gasteiger partial charge in [-0.3, -0.25) is 14.4 Å². The van der Waals surface area contributed by atoms with Crippen LogP contribution in [0.25, 0.3) is 0 Å². The molecule has 0 fully saturated rings. The van der Waals surface area contributed by atoms with Crippen molar-refractivity contribution in [3.8, 4) is 0 Å². The number of ether oxygens (including phenoxy) is 2. The Morgan fingerprint density at radius 2 is 1.63 bits per heavy atom. The SMILES string of the molecule is CCC(=O)CCCOCCOCC(=O)NCCCC(=O)c1ccc(C)cc1. The third-order valence-electron chi connectivity index (χ3n) is 4.02. The molecule has 1 aromatic carbocycles. The Kier molecular flexibility index (Phi) is 12.0. The monoisotopic (exact) mass is 377 g/mol. The van der Waals surface area contributed by atoms with Gasteiger partial charge in [0.25, 0.3) is 0 Å². The van der Waals surface area contributed by atoms with Crippen molar-refractivity contribution in [3.05, 3.63) is 35.4 Å². The average molecular weight is 377 g/mol. The van der Waals surface area contributed by atoms with E-state index in [2.05, 4.69) is 5.32 Å². The summed E-state index contributed by atoms with van der Waals surface area (Å²) in [5, 5.41) is 2.73. The molecule has 0 aliphatic heterocycles. The third-order valence-corrected chi connectivity index (χ3v) is 4.02. The molecule has 0 unspecified atom stereocenters. The van der Waals surface area contributed by atoms with Crippen molar-refractivity contribution in [2.24, 2.45) is 0 Å². The van der Waals surface area contributed by atoms with Crippen LogP contribution in [0.4, 0.5) is 0 Å². The molecule has 0 saturated heterocycles. The van der Waals surface area contributed by atoms with Gasteiger partial charge >= 0.3 is 0 Å². The van der Waals surface area contributed by atoms with Gasteiger partial charge in [0.05, 0.1) is 13.2 Å². The number of hydrogen-bond donors (Lipinski definition) is 1. The summed E-state index contributed by atoms with van der Waals surface area (Å²) >= 11 is 0. The average Bonchev–Trinajstić information content (AvgIpc) is 2.67. The first-order valence-electron chi connectivity index (χ1n) is 9.56. The first kappa shape index (κ1) is 23.0. The quantitative estimate of drug-likeness (QED) is 0.375. The fraction of sp³-hybridized carbons (Fsp3) is 0.571. The lowest BCUT2D eigenvalue weighted by atomic mass is 10.1. The second kappa shape index (κ2) is 14.1. The van der Waals surface area contributed by atoms with Gasteiger partial charge in [-0.15, -0.1) is 0 Å². The maximum atomic E-state index is 12.0. The molecular weight excluding hydrogens is 346 g/mol. The van der Waals surface area contributed by atoms with Crippen LogP contribution < -0.4 is 5.32 Å². The van der Waals surface area contributed by atoms with Crippen LogP contribution in [0.2, 0.25) is 0 Å². The zero-order valence-electron chi connectivity index (χ0n) is 16.4. The van der Waals surface area contributed by atoms with E-state index in [0.29, 0.717) is 64.0 Å². The summed E-state index contributed by atoms with van der Waals surface area (Å²) in [7, 11) is 0. The van der Waals surface area contributed by atoms with Gasteiger partial charge in [0.2, 0.25) is 5.91 Å². The highest BCUT2D eigenvalue weighted by atomic mass is 16.5. The first-order valence-corrected chi connectivity index (χ1v) is 9.56. The van der Waals surface area contributed by atoms with E-state index >= 15 is 0 Å². The van der Waals surface area contributed by atoms with Crippen molar-refractivity contribution >= 4 is 17.5 Å². The summed E-state index contributed by atoms with van der Waals surface area (Å²) in [6, 6.07) is 7.49. The zero-order chi connectivity index (χ0) is 19.9. The first-order chi connectivity index (χ1) is 13.0. The molecule has 0 heterocycles. The van der Waals surface area contributed by atoms with Crippen LogP contribution >= 0.6 is 0 Å². The van der Waals surface area contributed by atoms with Crippen molar-refractivity contribution in [3.63, 3.8) is 0 Å². The fourth-order valence-electron chi connectivity index (χ4n) is 2.34. The topological polar surface area (TPSA) is 81.7 Å². The highest BCUT2D eigenvalue weighted by Gasteiger charge is 2.06. The molecule has 1 aromatic rings. The second-order valence-electron chi connectivity index (χ2n) is 6.40. The van der Waals surface area contributed by atoms with Crippen LogP contribution in [0, 0.1) is 6.92 Å². The van der Waals surface area contributed by atoms with Crippen molar-refractivity contribution in [1.82, 2.24) is 5.32 Å². The summed E-state index contributed by atoms with van der Waals surface area (Å²) < 4.78 is 10.6. The lowest BCUT2D eigenvalue weighted by Crippen LogP contribution is -2.29. The predicted octanol–water partition coefficient (Wildman–Crippen LogP) is 2.87. The Morgan fingerprint density at radius 3 is 2.33 bits per heavy atom. The number of rotatable bonds is 15. The third kappa shape index (κ3) is 11.3.